The number of nitrogens with zero attached hydrogens (tertiary/aromatic N) is 1. The molecule has 0 atom stereocenters. The maximum atomic E-state index is 11.8. The van der Waals surface area contributed by atoms with Gasteiger partial charge in [0.25, 0.3) is 0 Å². The van der Waals surface area contributed by atoms with Gasteiger partial charge in [-0.05, 0) is 31.6 Å². The molecule has 0 unspecified atom stereocenters. The third kappa shape index (κ3) is 4.48. The van der Waals surface area contributed by atoms with Gasteiger partial charge in [-0.25, -0.2) is 4.79 Å². The van der Waals surface area contributed by atoms with Gasteiger partial charge in [-0.2, -0.15) is 0 Å². The molecule has 104 valence electrons. The van der Waals surface area contributed by atoms with E-state index in [1.807, 2.05) is 0 Å². The van der Waals surface area contributed by atoms with Crippen molar-refractivity contribution in [2.45, 2.75) is 51.5 Å². The van der Waals surface area contributed by atoms with Crippen LogP contribution in [0.3, 0.4) is 0 Å². The van der Waals surface area contributed by atoms with Gasteiger partial charge in [0, 0.05) is 25.4 Å². The monoisotopic (exact) mass is 274 g/mol. The normalized spacial score (nSPS) is 23.5. The van der Waals surface area contributed by atoms with Gasteiger partial charge in [-0.1, -0.05) is 13.3 Å². The number of carbonyl (C=O) groups is 2. The van der Waals surface area contributed by atoms with E-state index in [9.17, 15) is 9.59 Å². The molecule has 0 aliphatic heterocycles. The first kappa shape index (κ1) is 15.3. The van der Waals surface area contributed by atoms with Crippen LogP contribution in [0, 0.1) is 5.92 Å². The summed E-state index contributed by atoms with van der Waals surface area (Å²) in [6, 6.07) is -0.0401. The minimum absolute atomic E-state index is 0.184. The Kier molecular flexibility index (Phi) is 6.47. The van der Waals surface area contributed by atoms with E-state index in [0.29, 0.717) is 0 Å². The summed E-state index contributed by atoms with van der Waals surface area (Å²) in [5.74, 6) is 0.740. The van der Waals surface area contributed by atoms with Crippen molar-refractivity contribution < 1.29 is 9.59 Å². The molecule has 0 aromatic carbocycles. The summed E-state index contributed by atoms with van der Waals surface area (Å²) in [5, 5.41) is 2.37. The van der Waals surface area contributed by atoms with Gasteiger partial charge in [0.2, 0.25) is 5.91 Å². The smallest absolute Gasteiger partial charge is 0.324 e. The second-order valence-electron chi connectivity index (χ2n) is 4.99. The fourth-order valence-electron chi connectivity index (χ4n) is 2.46. The number of hydrogen-bond acceptors (Lipinski definition) is 2. The molecule has 0 saturated heterocycles. The van der Waals surface area contributed by atoms with Gasteiger partial charge in [0.05, 0.1) is 0 Å². The molecule has 0 heterocycles. The SMILES string of the molecule is CCC1CCC(N(C)C(=O)NC(=O)CCCl)CC1. The molecule has 1 aliphatic rings. The van der Waals surface area contributed by atoms with Gasteiger partial charge >= 0.3 is 6.03 Å². The number of amides is 3. The molecule has 4 nitrogen and oxygen atoms in total. The molecule has 0 aromatic rings. The first-order chi connectivity index (χ1) is 8.58. The molecule has 0 bridgehead atoms. The highest BCUT2D eigenvalue weighted by molar-refractivity contribution is 6.19. The fraction of sp³-hybridized carbons (Fsp3) is 0.846. The molecule has 0 aromatic heterocycles. The minimum atomic E-state index is -0.302. The maximum Gasteiger partial charge on any atom is 0.324 e. The highest BCUT2D eigenvalue weighted by Gasteiger charge is 2.26. The summed E-state index contributed by atoms with van der Waals surface area (Å²) in [7, 11) is 1.76. The summed E-state index contributed by atoms with van der Waals surface area (Å²) in [5.41, 5.74) is 0. The molecule has 0 spiro atoms. The van der Waals surface area contributed by atoms with Crippen molar-refractivity contribution in [3.8, 4) is 0 Å². The van der Waals surface area contributed by atoms with E-state index in [4.69, 9.17) is 11.6 Å². The largest absolute Gasteiger partial charge is 0.325 e. The lowest BCUT2D eigenvalue weighted by Crippen LogP contribution is -2.46. The van der Waals surface area contributed by atoms with Crippen molar-refractivity contribution in [1.82, 2.24) is 10.2 Å². The van der Waals surface area contributed by atoms with E-state index >= 15 is 0 Å². The summed E-state index contributed by atoms with van der Waals surface area (Å²) in [4.78, 5) is 24.8. The lowest BCUT2D eigenvalue weighted by molar-refractivity contribution is -0.119. The van der Waals surface area contributed by atoms with Crippen molar-refractivity contribution in [2.75, 3.05) is 12.9 Å². The number of alkyl halides is 1. The molecule has 0 radical (unpaired) electrons. The molecule has 1 fully saturated rings. The van der Waals surface area contributed by atoms with E-state index in [1.54, 1.807) is 11.9 Å². The predicted molar refractivity (Wildman–Crippen MR) is 72.7 cm³/mol. The molecule has 18 heavy (non-hydrogen) atoms. The van der Waals surface area contributed by atoms with Gasteiger partial charge in [-0.3, -0.25) is 10.1 Å². The first-order valence-electron chi connectivity index (χ1n) is 6.71. The summed E-state index contributed by atoms with van der Waals surface area (Å²) in [6.45, 7) is 2.21. The Labute approximate surface area is 114 Å². The van der Waals surface area contributed by atoms with Crippen LogP contribution in [-0.2, 0) is 4.79 Å². The van der Waals surface area contributed by atoms with Gasteiger partial charge < -0.3 is 4.90 Å². The van der Waals surface area contributed by atoms with Crippen molar-refractivity contribution in [1.29, 1.82) is 0 Å². The van der Waals surface area contributed by atoms with Crippen molar-refractivity contribution >= 4 is 23.5 Å². The van der Waals surface area contributed by atoms with Crippen molar-refractivity contribution in [3.05, 3.63) is 0 Å². The van der Waals surface area contributed by atoms with E-state index in [2.05, 4.69) is 12.2 Å². The summed E-state index contributed by atoms with van der Waals surface area (Å²) in [6.07, 6.45) is 5.82. The van der Waals surface area contributed by atoms with Gasteiger partial charge in [0.15, 0.2) is 0 Å². The standard InChI is InChI=1S/C13H23ClN2O2/c1-3-10-4-6-11(7-5-10)16(2)13(18)15-12(17)8-9-14/h10-11H,3-9H2,1-2H3,(H,15,17,18). The molecule has 3 amide bonds. The quantitative estimate of drug-likeness (QED) is 0.802. The van der Waals surface area contributed by atoms with E-state index in [-0.39, 0.29) is 30.3 Å². The topological polar surface area (TPSA) is 49.4 Å². The average Bonchev–Trinajstić information content (AvgIpc) is 2.38. The Hall–Kier alpha value is -0.770. The molecule has 5 heteroatoms. The third-order valence-corrected chi connectivity index (χ3v) is 4.02. The van der Waals surface area contributed by atoms with Gasteiger partial charge in [-0.15, -0.1) is 11.6 Å². The van der Waals surface area contributed by atoms with Crippen LogP contribution in [0.2, 0.25) is 0 Å². The molecule has 1 N–H and O–H groups in total. The van der Waals surface area contributed by atoms with Crippen LogP contribution in [0.1, 0.15) is 45.4 Å². The molecule has 1 aliphatic carbocycles. The van der Waals surface area contributed by atoms with Crippen LogP contribution in [0.4, 0.5) is 4.79 Å². The first-order valence-corrected chi connectivity index (χ1v) is 7.24. The maximum absolute atomic E-state index is 11.8. The summed E-state index contributed by atoms with van der Waals surface area (Å²) >= 11 is 5.45. The molecule has 1 saturated carbocycles. The van der Waals surface area contributed by atoms with Crippen LogP contribution in [0.25, 0.3) is 0 Å². The van der Waals surface area contributed by atoms with Crippen LogP contribution in [0.5, 0.6) is 0 Å². The van der Waals surface area contributed by atoms with Crippen LogP contribution >= 0.6 is 11.6 Å². The summed E-state index contributed by atoms with van der Waals surface area (Å²) < 4.78 is 0. The number of imide groups is 1. The Balaban J connectivity index is 2.37. The zero-order valence-corrected chi connectivity index (χ0v) is 12.0. The second-order valence-corrected chi connectivity index (χ2v) is 5.36. The predicted octanol–water partition coefficient (Wildman–Crippen LogP) is 2.75. The average molecular weight is 275 g/mol. The zero-order valence-electron chi connectivity index (χ0n) is 11.2. The van der Waals surface area contributed by atoms with Crippen LogP contribution in [-0.4, -0.2) is 35.8 Å². The molecule has 1 rings (SSSR count). The van der Waals surface area contributed by atoms with E-state index < -0.39 is 0 Å². The van der Waals surface area contributed by atoms with Crippen molar-refractivity contribution in [3.63, 3.8) is 0 Å². The number of halogens is 1. The Morgan fingerprint density at radius 2 is 1.89 bits per heavy atom. The minimum Gasteiger partial charge on any atom is -0.325 e. The zero-order chi connectivity index (χ0) is 13.5. The highest BCUT2D eigenvalue weighted by Crippen LogP contribution is 2.28. The lowest BCUT2D eigenvalue weighted by atomic mass is 9.84. The van der Waals surface area contributed by atoms with Crippen LogP contribution < -0.4 is 5.32 Å². The Morgan fingerprint density at radius 1 is 1.28 bits per heavy atom. The number of carbonyl (C=O) groups excluding carboxylic acids is 2. The van der Waals surface area contributed by atoms with E-state index in [1.165, 1.54) is 19.3 Å². The number of nitrogens with one attached hydrogen (secondary N) is 1. The number of rotatable bonds is 4. The molecular formula is C13H23ClN2O2. The number of urea groups is 1. The number of hydrogen-bond donors (Lipinski definition) is 1. The van der Waals surface area contributed by atoms with Crippen molar-refractivity contribution in [2.24, 2.45) is 5.92 Å². The van der Waals surface area contributed by atoms with Gasteiger partial charge in [0.1, 0.15) is 0 Å². The lowest BCUT2D eigenvalue weighted by Gasteiger charge is -2.34. The Bertz CT molecular complexity index is 289. The van der Waals surface area contributed by atoms with E-state index in [0.717, 1.165) is 18.8 Å². The Morgan fingerprint density at radius 3 is 2.39 bits per heavy atom. The van der Waals surface area contributed by atoms with Crippen LogP contribution in [0.15, 0.2) is 0 Å². The second kappa shape index (κ2) is 7.62. The molecular weight excluding hydrogens is 252 g/mol. The third-order valence-electron chi connectivity index (χ3n) is 3.83. The highest BCUT2D eigenvalue weighted by atomic mass is 35.5. The fourth-order valence-corrected chi connectivity index (χ4v) is 2.63.